The molecule has 10 heteroatoms. The highest BCUT2D eigenvalue weighted by molar-refractivity contribution is 9.10. The summed E-state index contributed by atoms with van der Waals surface area (Å²) in [6.45, 7) is 0. The summed E-state index contributed by atoms with van der Waals surface area (Å²) in [6, 6.07) is 9.60. The molecule has 26 heavy (non-hydrogen) atoms. The molecule has 0 aliphatic rings. The van der Waals surface area contributed by atoms with Crippen LogP contribution in [0.3, 0.4) is 0 Å². The molecule has 0 aliphatic carbocycles. The smallest absolute Gasteiger partial charge is 0.334 e. The summed E-state index contributed by atoms with van der Waals surface area (Å²) in [5.41, 5.74) is -0.224. The van der Waals surface area contributed by atoms with Crippen molar-refractivity contribution in [3.05, 3.63) is 75.0 Å². The average molecular weight is 422 g/mol. The Kier molecular flexibility index (Phi) is 5.03. The number of nitro groups is 1. The van der Waals surface area contributed by atoms with Gasteiger partial charge in [0.25, 0.3) is 0 Å². The highest BCUT2D eigenvalue weighted by Gasteiger charge is 2.24. The second-order valence-corrected chi connectivity index (χ2v) is 5.97. The van der Waals surface area contributed by atoms with Gasteiger partial charge in [-0.25, -0.2) is 18.7 Å². The Hall–Kier alpha value is -3.14. The lowest BCUT2D eigenvalue weighted by Gasteiger charge is -2.10. The van der Waals surface area contributed by atoms with Gasteiger partial charge in [0.1, 0.15) is 18.0 Å². The lowest BCUT2D eigenvalue weighted by molar-refractivity contribution is -0.383. The standard InChI is InChI=1S/C16H10BrF2N5O2/c17-9-1-4-11(5-2-9)22-15-14(24(25)26)16(21-8-20-15)23-13-7-10(18)3-6-12(13)19/h1-8H,(H2,20,21,22,23). The van der Waals surface area contributed by atoms with E-state index in [2.05, 4.69) is 36.5 Å². The van der Waals surface area contributed by atoms with Gasteiger partial charge in [-0.3, -0.25) is 10.1 Å². The first kappa shape index (κ1) is 17.7. The van der Waals surface area contributed by atoms with Gasteiger partial charge in [0.05, 0.1) is 10.6 Å². The molecule has 0 bridgehead atoms. The third-order valence-corrected chi connectivity index (χ3v) is 3.82. The summed E-state index contributed by atoms with van der Waals surface area (Å²) in [7, 11) is 0. The first-order chi connectivity index (χ1) is 12.4. The Morgan fingerprint density at radius 1 is 1.00 bits per heavy atom. The fourth-order valence-corrected chi connectivity index (χ4v) is 2.39. The van der Waals surface area contributed by atoms with Gasteiger partial charge in [-0.05, 0) is 36.4 Å². The Balaban J connectivity index is 1.99. The van der Waals surface area contributed by atoms with Gasteiger partial charge in [-0.1, -0.05) is 15.9 Å². The van der Waals surface area contributed by atoms with Crippen LogP contribution in [0.25, 0.3) is 0 Å². The largest absolute Gasteiger partial charge is 0.353 e. The maximum absolute atomic E-state index is 13.8. The second kappa shape index (κ2) is 7.40. The summed E-state index contributed by atoms with van der Waals surface area (Å²) in [6.07, 6.45) is 1.08. The molecule has 1 aromatic heterocycles. The molecule has 0 unspecified atom stereocenters. The minimum atomic E-state index is -0.776. The molecule has 0 radical (unpaired) electrons. The quantitative estimate of drug-likeness (QED) is 0.448. The first-order valence-electron chi connectivity index (χ1n) is 7.18. The molecule has 132 valence electrons. The second-order valence-electron chi connectivity index (χ2n) is 5.06. The van der Waals surface area contributed by atoms with Gasteiger partial charge >= 0.3 is 5.69 Å². The molecule has 1 heterocycles. The van der Waals surface area contributed by atoms with E-state index in [1.165, 1.54) is 0 Å². The predicted octanol–water partition coefficient (Wildman–Crippen LogP) is 4.91. The van der Waals surface area contributed by atoms with Crippen LogP contribution in [0.2, 0.25) is 0 Å². The van der Waals surface area contributed by atoms with Crippen LogP contribution in [0.5, 0.6) is 0 Å². The molecule has 0 spiro atoms. The van der Waals surface area contributed by atoms with Crippen molar-refractivity contribution in [2.24, 2.45) is 0 Å². The molecule has 3 rings (SSSR count). The Morgan fingerprint density at radius 2 is 1.65 bits per heavy atom. The number of anilines is 4. The average Bonchev–Trinajstić information content (AvgIpc) is 2.60. The molecule has 3 aromatic rings. The molecule has 2 aromatic carbocycles. The summed E-state index contributed by atoms with van der Waals surface area (Å²) in [5.74, 6) is -1.83. The van der Waals surface area contributed by atoms with Gasteiger partial charge in [-0.2, -0.15) is 0 Å². The summed E-state index contributed by atoms with van der Waals surface area (Å²) < 4.78 is 28.0. The number of benzene rings is 2. The van der Waals surface area contributed by atoms with Crippen molar-refractivity contribution in [2.45, 2.75) is 0 Å². The van der Waals surface area contributed by atoms with E-state index in [-0.39, 0.29) is 17.3 Å². The molecule has 0 atom stereocenters. The van der Waals surface area contributed by atoms with Crippen molar-refractivity contribution >= 4 is 44.6 Å². The zero-order chi connectivity index (χ0) is 18.7. The van der Waals surface area contributed by atoms with Crippen molar-refractivity contribution in [3.8, 4) is 0 Å². The maximum Gasteiger partial charge on any atom is 0.353 e. The topological polar surface area (TPSA) is 93.0 Å². The van der Waals surface area contributed by atoms with Gasteiger partial charge in [0, 0.05) is 16.2 Å². The molecule has 0 fully saturated rings. The van der Waals surface area contributed by atoms with E-state index in [0.29, 0.717) is 5.69 Å². The monoisotopic (exact) mass is 421 g/mol. The fourth-order valence-electron chi connectivity index (χ4n) is 2.13. The third kappa shape index (κ3) is 3.91. The molecular weight excluding hydrogens is 412 g/mol. The van der Waals surface area contributed by atoms with Crippen LogP contribution in [0.4, 0.5) is 37.5 Å². The molecule has 0 amide bonds. The van der Waals surface area contributed by atoms with E-state index in [1.807, 2.05) is 0 Å². The summed E-state index contributed by atoms with van der Waals surface area (Å²) in [4.78, 5) is 18.4. The maximum atomic E-state index is 13.8. The molecule has 0 aliphatic heterocycles. The highest BCUT2D eigenvalue weighted by atomic mass is 79.9. The van der Waals surface area contributed by atoms with Crippen LogP contribution in [-0.2, 0) is 0 Å². The molecule has 0 saturated carbocycles. The van der Waals surface area contributed by atoms with Crippen molar-refractivity contribution in [3.63, 3.8) is 0 Å². The predicted molar refractivity (Wildman–Crippen MR) is 95.8 cm³/mol. The lowest BCUT2D eigenvalue weighted by Crippen LogP contribution is -2.06. The fraction of sp³-hybridized carbons (Fsp3) is 0. The first-order valence-corrected chi connectivity index (χ1v) is 7.97. The van der Waals surface area contributed by atoms with Crippen LogP contribution in [0.15, 0.2) is 53.3 Å². The zero-order valence-electron chi connectivity index (χ0n) is 12.9. The number of nitrogens with one attached hydrogen (secondary N) is 2. The molecule has 7 nitrogen and oxygen atoms in total. The number of hydrogen-bond donors (Lipinski definition) is 2. The van der Waals surface area contributed by atoms with Gasteiger partial charge < -0.3 is 10.6 Å². The van der Waals surface area contributed by atoms with E-state index in [9.17, 15) is 18.9 Å². The van der Waals surface area contributed by atoms with Crippen LogP contribution < -0.4 is 10.6 Å². The van der Waals surface area contributed by atoms with E-state index >= 15 is 0 Å². The number of rotatable bonds is 5. The van der Waals surface area contributed by atoms with E-state index in [1.54, 1.807) is 24.3 Å². The van der Waals surface area contributed by atoms with Crippen molar-refractivity contribution in [1.82, 2.24) is 9.97 Å². The number of hydrogen-bond acceptors (Lipinski definition) is 6. The Morgan fingerprint density at radius 3 is 2.31 bits per heavy atom. The van der Waals surface area contributed by atoms with Crippen molar-refractivity contribution in [2.75, 3.05) is 10.6 Å². The van der Waals surface area contributed by atoms with Crippen molar-refractivity contribution in [1.29, 1.82) is 0 Å². The van der Waals surface area contributed by atoms with E-state index in [4.69, 9.17) is 0 Å². The van der Waals surface area contributed by atoms with Gasteiger partial charge in [0.2, 0.25) is 11.6 Å². The van der Waals surface area contributed by atoms with Crippen LogP contribution in [0.1, 0.15) is 0 Å². The highest BCUT2D eigenvalue weighted by Crippen LogP contribution is 2.33. The minimum absolute atomic E-state index is 0.0911. The number of halogens is 3. The normalized spacial score (nSPS) is 10.4. The summed E-state index contributed by atoms with van der Waals surface area (Å²) in [5, 5.41) is 16.8. The van der Waals surface area contributed by atoms with Crippen LogP contribution in [-0.4, -0.2) is 14.9 Å². The zero-order valence-corrected chi connectivity index (χ0v) is 14.5. The minimum Gasteiger partial charge on any atom is -0.334 e. The van der Waals surface area contributed by atoms with Gasteiger partial charge in [0.15, 0.2) is 0 Å². The van der Waals surface area contributed by atoms with E-state index < -0.39 is 22.2 Å². The summed E-state index contributed by atoms with van der Waals surface area (Å²) >= 11 is 3.29. The van der Waals surface area contributed by atoms with Crippen LogP contribution >= 0.6 is 15.9 Å². The van der Waals surface area contributed by atoms with E-state index in [0.717, 1.165) is 29.0 Å². The molecular formula is C16H10BrF2N5O2. The van der Waals surface area contributed by atoms with Crippen LogP contribution in [0, 0.1) is 21.7 Å². The number of aromatic nitrogens is 2. The molecule has 2 N–H and O–H groups in total. The van der Waals surface area contributed by atoms with Crippen molar-refractivity contribution < 1.29 is 13.7 Å². The molecule has 0 saturated heterocycles. The Labute approximate surface area is 154 Å². The SMILES string of the molecule is O=[N+]([O-])c1c(Nc2ccc(Br)cc2)ncnc1Nc1cc(F)ccc1F. The lowest BCUT2D eigenvalue weighted by atomic mass is 10.3. The van der Waals surface area contributed by atoms with Gasteiger partial charge in [-0.15, -0.1) is 0 Å². The number of nitrogens with zero attached hydrogens (tertiary/aromatic N) is 3. The Bertz CT molecular complexity index is 969. The third-order valence-electron chi connectivity index (χ3n) is 3.29.